The standard InChI is InChI=1S/C16H30N4O4.HI/c1-6-23-15(22)20-9-7-12(8-10-20)19-14(17-5)18-11-13(21)24-16(2,3)4;/h12H,6-11H2,1-5H3,(H2,17,18,19);1H. The third kappa shape index (κ3) is 9.71. The average molecular weight is 470 g/mol. The first-order chi connectivity index (χ1) is 11.2. The Morgan fingerprint density at radius 2 is 1.84 bits per heavy atom. The summed E-state index contributed by atoms with van der Waals surface area (Å²) >= 11 is 0. The largest absolute Gasteiger partial charge is 0.459 e. The number of guanidine groups is 1. The molecule has 9 heteroatoms. The molecule has 0 radical (unpaired) electrons. The third-order valence-electron chi connectivity index (χ3n) is 3.41. The topological polar surface area (TPSA) is 92.3 Å². The van der Waals surface area contributed by atoms with Crippen LogP contribution in [0.5, 0.6) is 0 Å². The molecule has 1 rings (SSSR count). The van der Waals surface area contributed by atoms with Crippen molar-refractivity contribution in [3.63, 3.8) is 0 Å². The van der Waals surface area contributed by atoms with Crippen LogP contribution in [0, 0.1) is 0 Å². The van der Waals surface area contributed by atoms with Gasteiger partial charge in [0.25, 0.3) is 0 Å². The molecule has 0 spiro atoms. The van der Waals surface area contributed by atoms with Crippen molar-refractivity contribution in [1.29, 1.82) is 0 Å². The molecule has 0 aromatic heterocycles. The minimum absolute atomic E-state index is 0. The van der Waals surface area contributed by atoms with Gasteiger partial charge in [0.2, 0.25) is 0 Å². The molecule has 0 aromatic rings. The van der Waals surface area contributed by atoms with Crippen LogP contribution in [0.3, 0.4) is 0 Å². The van der Waals surface area contributed by atoms with E-state index in [1.54, 1.807) is 18.9 Å². The second-order valence-corrected chi connectivity index (χ2v) is 6.62. The maximum Gasteiger partial charge on any atom is 0.409 e. The lowest BCUT2D eigenvalue weighted by molar-refractivity contribution is -0.153. The van der Waals surface area contributed by atoms with Crippen LogP contribution in [0.25, 0.3) is 0 Å². The normalized spacial score (nSPS) is 15.9. The second-order valence-electron chi connectivity index (χ2n) is 6.62. The number of carbonyl (C=O) groups excluding carboxylic acids is 2. The fourth-order valence-corrected chi connectivity index (χ4v) is 2.34. The highest BCUT2D eigenvalue weighted by atomic mass is 127. The van der Waals surface area contributed by atoms with Crippen LogP contribution in [-0.2, 0) is 14.3 Å². The molecule has 25 heavy (non-hydrogen) atoms. The Kier molecular flexibility index (Phi) is 10.8. The van der Waals surface area contributed by atoms with Crippen LogP contribution in [0.4, 0.5) is 4.79 Å². The quantitative estimate of drug-likeness (QED) is 0.282. The predicted octanol–water partition coefficient (Wildman–Crippen LogP) is 1.73. The molecule has 1 heterocycles. The van der Waals surface area contributed by atoms with Gasteiger partial charge < -0.3 is 25.0 Å². The molecule has 0 bridgehead atoms. The number of hydrogen-bond donors (Lipinski definition) is 2. The molecule has 146 valence electrons. The summed E-state index contributed by atoms with van der Waals surface area (Å²) in [5, 5.41) is 6.22. The van der Waals surface area contributed by atoms with E-state index in [0.29, 0.717) is 25.7 Å². The first-order valence-corrected chi connectivity index (χ1v) is 8.36. The number of piperidine rings is 1. The maximum atomic E-state index is 11.7. The van der Waals surface area contributed by atoms with Crippen molar-refractivity contribution in [3.05, 3.63) is 0 Å². The van der Waals surface area contributed by atoms with Gasteiger partial charge >= 0.3 is 12.1 Å². The number of carbonyl (C=O) groups is 2. The molecule has 1 fully saturated rings. The van der Waals surface area contributed by atoms with E-state index in [2.05, 4.69) is 15.6 Å². The van der Waals surface area contributed by atoms with E-state index in [1.165, 1.54) is 0 Å². The summed E-state index contributed by atoms with van der Waals surface area (Å²) in [6, 6.07) is 0.195. The number of nitrogens with zero attached hydrogens (tertiary/aromatic N) is 2. The molecule has 1 aliphatic heterocycles. The summed E-state index contributed by atoms with van der Waals surface area (Å²) < 4.78 is 10.2. The molecule has 2 N–H and O–H groups in total. The van der Waals surface area contributed by atoms with Crippen LogP contribution >= 0.6 is 24.0 Å². The number of ether oxygens (including phenoxy) is 2. The van der Waals surface area contributed by atoms with Crippen LogP contribution in [-0.4, -0.2) is 67.9 Å². The number of amides is 1. The lowest BCUT2D eigenvalue weighted by Gasteiger charge is -2.32. The second kappa shape index (κ2) is 11.4. The summed E-state index contributed by atoms with van der Waals surface area (Å²) in [7, 11) is 1.65. The molecule has 0 aromatic carbocycles. The van der Waals surface area contributed by atoms with Crippen molar-refractivity contribution >= 4 is 42.0 Å². The van der Waals surface area contributed by atoms with Gasteiger partial charge in [-0.15, -0.1) is 24.0 Å². The summed E-state index contributed by atoms with van der Waals surface area (Å²) in [6.07, 6.45) is 1.33. The van der Waals surface area contributed by atoms with Crippen molar-refractivity contribution < 1.29 is 19.1 Å². The van der Waals surface area contributed by atoms with E-state index in [4.69, 9.17) is 9.47 Å². The van der Waals surface area contributed by atoms with Crippen molar-refractivity contribution in [1.82, 2.24) is 15.5 Å². The highest BCUT2D eigenvalue weighted by molar-refractivity contribution is 14.0. The Balaban J connectivity index is 0.00000576. The predicted molar refractivity (Wildman–Crippen MR) is 107 cm³/mol. The Morgan fingerprint density at radius 1 is 1.24 bits per heavy atom. The van der Waals surface area contributed by atoms with Crippen LogP contribution < -0.4 is 10.6 Å². The summed E-state index contributed by atoms with van der Waals surface area (Å²) in [5.74, 6) is 0.220. The molecule has 1 saturated heterocycles. The zero-order valence-corrected chi connectivity index (χ0v) is 18.1. The van der Waals surface area contributed by atoms with Crippen LogP contribution in [0.2, 0.25) is 0 Å². The van der Waals surface area contributed by atoms with Crippen LogP contribution in [0.1, 0.15) is 40.5 Å². The SMILES string of the molecule is CCOC(=O)N1CCC(NC(=NC)NCC(=O)OC(C)(C)C)CC1.I. The number of likely N-dealkylation sites (tertiary alicyclic amines) is 1. The number of nitrogens with one attached hydrogen (secondary N) is 2. The van der Waals surface area contributed by atoms with E-state index < -0.39 is 5.60 Å². The number of aliphatic imine (C=N–C) groups is 1. The van der Waals surface area contributed by atoms with E-state index in [9.17, 15) is 9.59 Å². The van der Waals surface area contributed by atoms with Crippen molar-refractivity contribution in [2.45, 2.75) is 52.2 Å². The zero-order valence-electron chi connectivity index (χ0n) is 15.8. The Bertz CT molecular complexity index is 458. The minimum atomic E-state index is -0.504. The molecule has 1 amide bonds. The van der Waals surface area contributed by atoms with Crippen molar-refractivity contribution in [2.75, 3.05) is 33.3 Å². The van der Waals surface area contributed by atoms with Gasteiger partial charge in [0.15, 0.2) is 5.96 Å². The lowest BCUT2D eigenvalue weighted by atomic mass is 10.1. The van der Waals surface area contributed by atoms with Gasteiger partial charge in [-0.2, -0.15) is 0 Å². The van der Waals surface area contributed by atoms with Gasteiger partial charge in [-0.05, 0) is 40.5 Å². The van der Waals surface area contributed by atoms with E-state index in [0.717, 1.165) is 12.8 Å². The highest BCUT2D eigenvalue weighted by Crippen LogP contribution is 2.11. The molecule has 0 unspecified atom stereocenters. The van der Waals surface area contributed by atoms with Crippen LogP contribution in [0.15, 0.2) is 4.99 Å². The monoisotopic (exact) mass is 470 g/mol. The Morgan fingerprint density at radius 3 is 2.32 bits per heavy atom. The molecule has 0 saturated carbocycles. The molecular weight excluding hydrogens is 439 g/mol. The number of rotatable bonds is 4. The molecule has 1 aliphatic rings. The van der Waals surface area contributed by atoms with Gasteiger partial charge in [-0.25, -0.2) is 4.79 Å². The fraction of sp³-hybridized carbons (Fsp3) is 0.812. The molecule has 0 atom stereocenters. The number of esters is 1. The van der Waals surface area contributed by atoms with Gasteiger partial charge in [0.05, 0.1) is 6.61 Å². The fourth-order valence-electron chi connectivity index (χ4n) is 2.34. The third-order valence-corrected chi connectivity index (χ3v) is 3.41. The Labute approximate surface area is 167 Å². The van der Waals surface area contributed by atoms with E-state index >= 15 is 0 Å². The first kappa shape index (κ1) is 23.7. The summed E-state index contributed by atoms with van der Waals surface area (Å²) in [4.78, 5) is 29.2. The molecular formula is C16H31IN4O4. The van der Waals surface area contributed by atoms with Crippen molar-refractivity contribution in [2.24, 2.45) is 4.99 Å². The molecule has 8 nitrogen and oxygen atoms in total. The van der Waals surface area contributed by atoms with Crippen molar-refractivity contribution in [3.8, 4) is 0 Å². The first-order valence-electron chi connectivity index (χ1n) is 8.36. The van der Waals surface area contributed by atoms with E-state index in [-0.39, 0.29) is 48.6 Å². The highest BCUT2D eigenvalue weighted by Gasteiger charge is 2.24. The summed E-state index contributed by atoms with van der Waals surface area (Å²) in [6.45, 7) is 9.00. The van der Waals surface area contributed by atoms with E-state index in [1.807, 2.05) is 20.8 Å². The smallest absolute Gasteiger partial charge is 0.409 e. The van der Waals surface area contributed by atoms with Gasteiger partial charge in [-0.3, -0.25) is 9.79 Å². The Hall–Kier alpha value is -1.26. The summed E-state index contributed by atoms with van der Waals surface area (Å²) in [5.41, 5.74) is -0.504. The minimum Gasteiger partial charge on any atom is -0.459 e. The number of halogens is 1. The van der Waals surface area contributed by atoms with Gasteiger partial charge in [0.1, 0.15) is 12.1 Å². The zero-order chi connectivity index (χ0) is 18.2. The van der Waals surface area contributed by atoms with Gasteiger partial charge in [0, 0.05) is 26.2 Å². The maximum absolute atomic E-state index is 11.7. The lowest BCUT2D eigenvalue weighted by Crippen LogP contribution is -2.50. The molecule has 0 aliphatic carbocycles. The number of hydrogen-bond acceptors (Lipinski definition) is 5. The van der Waals surface area contributed by atoms with Gasteiger partial charge in [-0.1, -0.05) is 0 Å². The average Bonchev–Trinajstić information content (AvgIpc) is 2.50.